The van der Waals surface area contributed by atoms with Crippen LogP contribution >= 0.6 is 0 Å². The minimum Gasteiger partial charge on any atom is -0.473 e. The van der Waals surface area contributed by atoms with E-state index in [9.17, 15) is 0 Å². The molecular formula is C22H44Cu2O4Si2. The second kappa shape index (κ2) is 28.5. The van der Waals surface area contributed by atoms with Crippen LogP contribution in [-0.4, -0.2) is 38.3 Å². The van der Waals surface area contributed by atoms with Gasteiger partial charge in [0.05, 0.1) is 0 Å². The first-order chi connectivity index (χ1) is 11.8. The van der Waals surface area contributed by atoms with E-state index in [0.29, 0.717) is 0 Å². The molecule has 0 spiro atoms. The van der Waals surface area contributed by atoms with E-state index in [2.05, 4.69) is 76.1 Å². The Bertz CT molecular complexity index is 470. The first-order valence-electron chi connectivity index (χ1n) is 9.23. The molecule has 186 valence electrons. The molecule has 0 aliphatic rings. The summed E-state index contributed by atoms with van der Waals surface area (Å²) in [5.74, 6) is 2.83. The van der Waals surface area contributed by atoms with Gasteiger partial charge in [-0.2, -0.15) is 0 Å². The summed E-state index contributed by atoms with van der Waals surface area (Å²) in [7, 11) is -2.14. The minimum absolute atomic E-state index is 0. The van der Waals surface area contributed by atoms with Crippen LogP contribution in [-0.2, 0) is 43.7 Å². The molecule has 0 saturated heterocycles. The Morgan fingerprint density at radius 2 is 0.900 bits per heavy atom. The van der Waals surface area contributed by atoms with Crippen molar-refractivity contribution in [2.24, 2.45) is 0 Å². The summed E-state index contributed by atoms with van der Waals surface area (Å²) in [6.07, 6.45) is 7.25. The molecule has 8 heteroatoms. The fraction of sp³-hybridized carbons (Fsp3) is 0.636. The van der Waals surface area contributed by atoms with Gasteiger partial charge in [-0.1, -0.05) is 66.0 Å². The van der Waals surface area contributed by atoms with Gasteiger partial charge in [0.2, 0.25) is 0 Å². The van der Waals surface area contributed by atoms with Gasteiger partial charge in [0, 0.05) is 12.8 Å². The quantitative estimate of drug-likeness (QED) is 0.143. The molecule has 2 N–H and O–H groups in total. The smallest absolute Gasteiger partial charge is 0.473 e. The van der Waals surface area contributed by atoms with Gasteiger partial charge >= 0.3 is 46.1 Å². The van der Waals surface area contributed by atoms with Crippen LogP contribution < -0.4 is 0 Å². The molecule has 0 amide bonds. The maximum absolute atomic E-state index is 9.10. The second-order valence-corrected chi connectivity index (χ2v) is 17.4. The normalized spacial score (nSPS) is 8.40. The number of aliphatic carboxylic acids is 2. The largest absolute Gasteiger partial charge is 1.00 e. The molecule has 0 saturated carbocycles. The first-order valence-corrected chi connectivity index (χ1v) is 16.2. The van der Waals surface area contributed by atoms with Gasteiger partial charge in [-0.25, -0.2) is 9.59 Å². The summed E-state index contributed by atoms with van der Waals surface area (Å²) in [6, 6.07) is 0. The Morgan fingerprint density at radius 1 is 0.667 bits per heavy atom. The Kier molecular flexibility index (Phi) is 45.0. The predicted molar refractivity (Wildman–Crippen MR) is 129 cm³/mol. The monoisotopic (exact) mass is 554 g/mol. The summed E-state index contributed by atoms with van der Waals surface area (Å²) in [5, 5.41) is 14.8. The van der Waals surface area contributed by atoms with E-state index in [-0.39, 0.29) is 49.0 Å². The summed E-state index contributed by atoms with van der Waals surface area (Å²) in [6.45, 7) is 18.1. The van der Waals surface area contributed by atoms with Crippen LogP contribution in [0.4, 0.5) is 0 Å². The van der Waals surface area contributed by atoms with Crippen molar-refractivity contribution >= 4 is 28.1 Å². The zero-order chi connectivity index (χ0) is 21.2. The molecule has 0 unspecified atom stereocenters. The standard InChI is InChI=1S/2C9H18Si.C2H2O4.2CH3.2Cu/c2*1-5-6-7-8-9-10(2,3)4;3-1(4)2(5)6;;;;/h2*5-7H2,1-4H3;(H,3,4)(H,5,6);2*1H3;;/q;;;2*-1;2*+1. The summed E-state index contributed by atoms with van der Waals surface area (Å²) in [4.78, 5) is 18.2. The van der Waals surface area contributed by atoms with Crippen LogP contribution in [0.25, 0.3) is 0 Å². The van der Waals surface area contributed by atoms with E-state index >= 15 is 0 Å². The predicted octanol–water partition coefficient (Wildman–Crippen LogP) is 6.17. The third-order valence-corrected chi connectivity index (χ3v) is 4.27. The molecular weight excluding hydrogens is 512 g/mol. The first kappa shape index (κ1) is 47.4. The van der Waals surface area contributed by atoms with Crippen molar-refractivity contribution in [3.8, 4) is 22.9 Å². The Balaban J connectivity index is -0.0000000510. The van der Waals surface area contributed by atoms with Crippen molar-refractivity contribution in [3.05, 3.63) is 14.9 Å². The van der Waals surface area contributed by atoms with E-state index in [1.807, 2.05) is 0 Å². The third kappa shape index (κ3) is 63.1. The van der Waals surface area contributed by atoms with Gasteiger partial charge in [-0.3, -0.25) is 0 Å². The number of hydrogen-bond acceptors (Lipinski definition) is 2. The van der Waals surface area contributed by atoms with Crippen LogP contribution in [0.15, 0.2) is 0 Å². The van der Waals surface area contributed by atoms with Crippen LogP contribution in [0, 0.1) is 37.8 Å². The molecule has 0 aliphatic carbocycles. The fourth-order valence-electron chi connectivity index (χ4n) is 1.19. The van der Waals surface area contributed by atoms with Crippen molar-refractivity contribution < 1.29 is 53.9 Å². The van der Waals surface area contributed by atoms with Gasteiger partial charge in [-0.15, -0.1) is 22.9 Å². The molecule has 0 bridgehead atoms. The maximum Gasteiger partial charge on any atom is 1.00 e. The van der Waals surface area contributed by atoms with E-state index < -0.39 is 28.1 Å². The second-order valence-electron chi connectivity index (χ2n) is 7.92. The van der Waals surface area contributed by atoms with E-state index in [1.165, 1.54) is 25.7 Å². The van der Waals surface area contributed by atoms with Crippen LogP contribution in [0.5, 0.6) is 0 Å². The van der Waals surface area contributed by atoms with Crippen molar-refractivity contribution in [1.29, 1.82) is 0 Å². The van der Waals surface area contributed by atoms with E-state index in [1.54, 1.807) is 0 Å². The molecule has 0 radical (unpaired) electrons. The third-order valence-electron chi connectivity index (χ3n) is 2.42. The number of rotatable bonds is 4. The van der Waals surface area contributed by atoms with E-state index in [0.717, 1.165) is 12.8 Å². The number of unbranched alkanes of at least 4 members (excludes halogenated alkanes) is 4. The molecule has 30 heavy (non-hydrogen) atoms. The number of carboxylic acids is 2. The average molecular weight is 556 g/mol. The zero-order valence-corrected chi connectivity index (χ0v) is 24.4. The van der Waals surface area contributed by atoms with Crippen molar-refractivity contribution in [2.45, 2.75) is 91.7 Å². The zero-order valence-electron chi connectivity index (χ0n) is 20.6. The van der Waals surface area contributed by atoms with Crippen molar-refractivity contribution in [2.75, 3.05) is 0 Å². The van der Waals surface area contributed by atoms with Gasteiger partial charge in [0.25, 0.3) is 0 Å². The van der Waals surface area contributed by atoms with Gasteiger partial charge in [0.1, 0.15) is 16.1 Å². The Hall–Kier alpha value is -0.467. The topological polar surface area (TPSA) is 74.6 Å². The molecule has 0 heterocycles. The number of hydrogen-bond donors (Lipinski definition) is 2. The Morgan fingerprint density at radius 3 is 1.03 bits per heavy atom. The molecule has 0 aromatic rings. The van der Waals surface area contributed by atoms with E-state index in [4.69, 9.17) is 19.8 Å². The molecule has 0 rings (SSSR count). The van der Waals surface area contributed by atoms with Crippen LogP contribution in [0.2, 0.25) is 39.3 Å². The van der Waals surface area contributed by atoms with Crippen LogP contribution in [0.3, 0.4) is 0 Å². The fourth-order valence-corrected chi connectivity index (χ4v) is 2.50. The van der Waals surface area contributed by atoms with Gasteiger partial charge in [-0.05, 0) is 12.8 Å². The molecule has 4 nitrogen and oxygen atoms in total. The summed E-state index contributed by atoms with van der Waals surface area (Å²) >= 11 is 0. The Labute approximate surface area is 210 Å². The average Bonchev–Trinajstić information content (AvgIpc) is 2.47. The molecule has 0 aromatic heterocycles. The van der Waals surface area contributed by atoms with Gasteiger partial charge in [0.15, 0.2) is 0 Å². The SMILES string of the molecule is CCCCC#C[Si](C)(C)C.CCCCC#C[Si](C)(C)C.O=C(O)C(=O)O.[CH3-].[CH3-].[Cu+].[Cu+]. The van der Waals surface area contributed by atoms with Gasteiger partial charge < -0.3 is 25.1 Å². The minimum atomic E-state index is -1.82. The molecule has 0 atom stereocenters. The van der Waals surface area contributed by atoms with Crippen molar-refractivity contribution in [1.82, 2.24) is 0 Å². The van der Waals surface area contributed by atoms with Crippen molar-refractivity contribution in [3.63, 3.8) is 0 Å². The summed E-state index contributed by atoms with van der Waals surface area (Å²) < 4.78 is 0. The summed E-state index contributed by atoms with van der Waals surface area (Å²) in [5.41, 5.74) is 6.69. The molecule has 0 fully saturated rings. The maximum atomic E-state index is 9.10. The van der Waals surface area contributed by atoms with Crippen LogP contribution in [0.1, 0.15) is 52.4 Å². The number of carbonyl (C=O) groups is 2. The number of carboxylic acid groups (broad SMARTS) is 2. The molecule has 0 aliphatic heterocycles. The molecule has 0 aromatic carbocycles.